The van der Waals surface area contributed by atoms with Crippen LogP contribution in [0.15, 0.2) is 48.5 Å². The molecule has 0 unspecified atom stereocenters. The first-order valence-corrected chi connectivity index (χ1v) is 11.8. The van der Waals surface area contributed by atoms with Gasteiger partial charge in [-0.3, -0.25) is 19.3 Å². The predicted molar refractivity (Wildman–Crippen MR) is 127 cm³/mol. The molecule has 0 N–H and O–H groups in total. The van der Waals surface area contributed by atoms with Crippen LogP contribution in [0.3, 0.4) is 0 Å². The molecule has 2 fully saturated rings. The van der Waals surface area contributed by atoms with E-state index in [2.05, 4.69) is 0 Å². The molecule has 7 heteroatoms. The normalized spacial score (nSPS) is 20.6. The lowest BCUT2D eigenvalue weighted by atomic mass is 9.75. The molecule has 0 radical (unpaired) electrons. The minimum Gasteiger partial charge on any atom is -0.497 e. The van der Waals surface area contributed by atoms with Gasteiger partial charge in [-0.05, 0) is 36.6 Å². The molecular weight excluding hydrogens is 432 g/mol. The Labute approximate surface area is 200 Å². The van der Waals surface area contributed by atoms with Crippen LogP contribution >= 0.6 is 0 Å². The first-order chi connectivity index (χ1) is 16.4. The highest BCUT2D eigenvalue weighted by Gasteiger charge is 2.56. The van der Waals surface area contributed by atoms with Crippen molar-refractivity contribution in [1.29, 1.82) is 0 Å². The van der Waals surface area contributed by atoms with Crippen LogP contribution in [0, 0.1) is 0 Å². The number of nitrogens with zero attached hydrogens (tertiary/aromatic N) is 2. The van der Waals surface area contributed by atoms with E-state index in [-0.39, 0.29) is 36.6 Å². The van der Waals surface area contributed by atoms with Crippen LogP contribution in [0.2, 0.25) is 0 Å². The molecule has 0 bridgehead atoms. The lowest BCUT2D eigenvalue weighted by Crippen LogP contribution is -2.45. The third-order valence-electron chi connectivity index (χ3n) is 7.09. The van der Waals surface area contributed by atoms with E-state index in [0.717, 1.165) is 31.2 Å². The number of rotatable bonds is 8. The number of carbonyl (C=O) groups excluding carboxylic acids is 3. The van der Waals surface area contributed by atoms with E-state index in [1.807, 2.05) is 36.4 Å². The van der Waals surface area contributed by atoms with E-state index >= 15 is 0 Å². The van der Waals surface area contributed by atoms with Gasteiger partial charge in [-0.15, -0.1) is 0 Å². The topological polar surface area (TPSA) is 76.2 Å². The Morgan fingerprint density at radius 1 is 1.06 bits per heavy atom. The SMILES string of the molecule is COc1cccc(CN(C)C(=O)C[C@@]2(c3ccccc3OC)CC(=O)N(C3CCCC3)C2=O)c1. The van der Waals surface area contributed by atoms with Crippen molar-refractivity contribution < 1.29 is 23.9 Å². The van der Waals surface area contributed by atoms with Crippen molar-refractivity contribution in [3.05, 3.63) is 59.7 Å². The first-order valence-electron chi connectivity index (χ1n) is 11.8. The first kappa shape index (κ1) is 23.8. The molecule has 2 aromatic rings. The average molecular weight is 465 g/mol. The highest BCUT2D eigenvalue weighted by atomic mass is 16.5. The smallest absolute Gasteiger partial charge is 0.241 e. The van der Waals surface area contributed by atoms with E-state index in [1.165, 1.54) is 4.90 Å². The summed E-state index contributed by atoms with van der Waals surface area (Å²) in [6.45, 7) is 0.368. The second kappa shape index (κ2) is 9.87. The Kier molecular flexibility index (Phi) is 6.91. The molecule has 3 amide bonds. The summed E-state index contributed by atoms with van der Waals surface area (Å²) in [7, 11) is 4.86. The molecule has 7 nitrogen and oxygen atoms in total. The molecule has 2 aromatic carbocycles. The summed E-state index contributed by atoms with van der Waals surface area (Å²) in [4.78, 5) is 43.7. The maximum Gasteiger partial charge on any atom is 0.241 e. The summed E-state index contributed by atoms with van der Waals surface area (Å²) >= 11 is 0. The van der Waals surface area contributed by atoms with Crippen molar-refractivity contribution in [2.24, 2.45) is 0 Å². The summed E-state index contributed by atoms with van der Waals surface area (Å²) in [5.74, 6) is 0.541. The van der Waals surface area contributed by atoms with Crippen molar-refractivity contribution in [1.82, 2.24) is 9.80 Å². The molecule has 1 aliphatic carbocycles. The summed E-state index contributed by atoms with van der Waals surface area (Å²) in [6.07, 6.45) is 3.53. The van der Waals surface area contributed by atoms with Crippen LogP contribution in [-0.2, 0) is 26.3 Å². The van der Waals surface area contributed by atoms with Crippen molar-refractivity contribution in [3.63, 3.8) is 0 Å². The highest BCUT2D eigenvalue weighted by molar-refractivity contribution is 6.11. The average Bonchev–Trinajstić information content (AvgIpc) is 3.45. The van der Waals surface area contributed by atoms with Gasteiger partial charge in [0.1, 0.15) is 11.5 Å². The Hall–Kier alpha value is -3.35. The van der Waals surface area contributed by atoms with Crippen LogP contribution in [0.1, 0.15) is 49.7 Å². The Morgan fingerprint density at radius 2 is 1.79 bits per heavy atom. The van der Waals surface area contributed by atoms with Crippen LogP contribution in [0.5, 0.6) is 11.5 Å². The zero-order valence-electron chi connectivity index (χ0n) is 20.1. The number of likely N-dealkylation sites (tertiary alicyclic amines) is 1. The van der Waals surface area contributed by atoms with Crippen molar-refractivity contribution in [3.8, 4) is 11.5 Å². The molecule has 1 atom stereocenters. The molecule has 2 aliphatic rings. The number of hydrogen-bond donors (Lipinski definition) is 0. The van der Waals surface area contributed by atoms with Gasteiger partial charge >= 0.3 is 0 Å². The zero-order chi connectivity index (χ0) is 24.3. The van der Waals surface area contributed by atoms with Gasteiger partial charge in [-0.25, -0.2) is 0 Å². The highest BCUT2D eigenvalue weighted by Crippen LogP contribution is 2.46. The Bertz CT molecular complexity index is 1080. The number of ether oxygens (including phenoxy) is 2. The quantitative estimate of drug-likeness (QED) is 0.557. The fourth-order valence-electron chi connectivity index (χ4n) is 5.30. The molecule has 1 saturated carbocycles. The molecule has 0 spiro atoms. The fraction of sp³-hybridized carbons (Fsp3) is 0.444. The maximum absolute atomic E-state index is 14.0. The minimum atomic E-state index is -1.27. The fourth-order valence-corrected chi connectivity index (χ4v) is 5.30. The van der Waals surface area contributed by atoms with E-state index in [9.17, 15) is 14.4 Å². The number of hydrogen-bond acceptors (Lipinski definition) is 5. The van der Waals surface area contributed by atoms with Gasteiger partial charge in [-0.1, -0.05) is 43.2 Å². The van der Waals surface area contributed by atoms with Gasteiger partial charge in [0.2, 0.25) is 17.7 Å². The molecule has 34 heavy (non-hydrogen) atoms. The maximum atomic E-state index is 14.0. The summed E-state index contributed by atoms with van der Waals surface area (Å²) in [6, 6.07) is 14.7. The zero-order valence-corrected chi connectivity index (χ0v) is 20.1. The van der Waals surface area contributed by atoms with Gasteiger partial charge < -0.3 is 14.4 Å². The number of para-hydroxylation sites is 1. The minimum absolute atomic E-state index is 0.0263. The van der Waals surface area contributed by atoms with Crippen LogP contribution in [-0.4, -0.2) is 54.8 Å². The van der Waals surface area contributed by atoms with Gasteiger partial charge in [0.15, 0.2) is 0 Å². The van der Waals surface area contributed by atoms with E-state index in [0.29, 0.717) is 23.6 Å². The third kappa shape index (κ3) is 4.39. The van der Waals surface area contributed by atoms with E-state index in [1.54, 1.807) is 38.3 Å². The molecule has 0 aromatic heterocycles. The van der Waals surface area contributed by atoms with Crippen LogP contribution < -0.4 is 9.47 Å². The molecule has 1 aliphatic heterocycles. The number of imide groups is 1. The number of carbonyl (C=O) groups is 3. The summed E-state index contributed by atoms with van der Waals surface area (Å²) in [5, 5.41) is 0. The predicted octanol–water partition coefficient (Wildman–Crippen LogP) is 3.69. The summed E-state index contributed by atoms with van der Waals surface area (Å²) < 4.78 is 10.9. The van der Waals surface area contributed by atoms with E-state index in [4.69, 9.17) is 9.47 Å². The van der Waals surface area contributed by atoms with Crippen molar-refractivity contribution in [2.45, 2.75) is 56.5 Å². The lowest BCUT2D eigenvalue weighted by molar-refractivity contribution is -0.144. The lowest BCUT2D eigenvalue weighted by Gasteiger charge is -2.31. The van der Waals surface area contributed by atoms with Crippen LogP contribution in [0.4, 0.5) is 0 Å². The van der Waals surface area contributed by atoms with Gasteiger partial charge in [-0.2, -0.15) is 0 Å². The number of benzene rings is 2. The van der Waals surface area contributed by atoms with E-state index < -0.39 is 5.41 Å². The molecule has 1 heterocycles. The largest absolute Gasteiger partial charge is 0.497 e. The molecule has 4 rings (SSSR count). The second-order valence-electron chi connectivity index (χ2n) is 9.24. The van der Waals surface area contributed by atoms with Crippen molar-refractivity contribution in [2.75, 3.05) is 21.3 Å². The molecule has 180 valence electrons. The van der Waals surface area contributed by atoms with Gasteiger partial charge in [0.25, 0.3) is 0 Å². The van der Waals surface area contributed by atoms with Gasteiger partial charge in [0.05, 0.1) is 19.6 Å². The molecular formula is C27H32N2O5. The number of methoxy groups -OCH3 is 2. The summed E-state index contributed by atoms with van der Waals surface area (Å²) in [5.41, 5.74) is 0.244. The van der Waals surface area contributed by atoms with Crippen LogP contribution in [0.25, 0.3) is 0 Å². The second-order valence-corrected chi connectivity index (χ2v) is 9.24. The van der Waals surface area contributed by atoms with Gasteiger partial charge in [0, 0.05) is 38.0 Å². The third-order valence-corrected chi connectivity index (χ3v) is 7.09. The molecule has 1 saturated heterocycles. The monoisotopic (exact) mass is 464 g/mol. The number of amides is 3. The standard InChI is InChI=1S/C27H32N2O5/c1-28(18-19-9-8-12-21(15-19)33-2)24(30)16-27(22-13-6-7-14-23(22)34-3)17-25(31)29(26(27)32)20-10-4-5-11-20/h6-9,12-15,20H,4-5,10-11,16-18H2,1-3H3/t27-/m0/s1. The Morgan fingerprint density at radius 3 is 2.50 bits per heavy atom. The van der Waals surface area contributed by atoms with Crippen molar-refractivity contribution >= 4 is 17.7 Å². The Balaban J connectivity index is 1.66.